The van der Waals surface area contributed by atoms with Crippen LogP contribution >= 0.6 is 0 Å². The van der Waals surface area contributed by atoms with Gasteiger partial charge in [0.15, 0.2) is 11.5 Å². The van der Waals surface area contributed by atoms with Gasteiger partial charge in [0.2, 0.25) is 5.91 Å². The maximum Gasteiger partial charge on any atom is 0.224 e. The number of hydrogen-bond donors (Lipinski definition) is 3. The van der Waals surface area contributed by atoms with Gasteiger partial charge in [-0.15, -0.1) is 0 Å². The number of benzene rings is 1. The molecule has 5 aliphatic rings. The second kappa shape index (κ2) is 9.99. The number of hydrogen-bond acceptors (Lipinski definition) is 5. The largest absolute Gasteiger partial charge is 0.486 e. The van der Waals surface area contributed by atoms with E-state index in [-0.39, 0.29) is 28.9 Å². The van der Waals surface area contributed by atoms with Gasteiger partial charge in [0, 0.05) is 18.2 Å². The molecule has 6 heteroatoms. The van der Waals surface area contributed by atoms with Crippen molar-refractivity contribution in [2.24, 2.45) is 46.3 Å². The maximum absolute atomic E-state index is 12.9. The van der Waals surface area contributed by atoms with Gasteiger partial charge in [0.25, 0.3) is 0 Å². The number of aliphatic hydroxyl groups is 2. The van der Waals surface area contributed by atoms with Gasteiger partial charge in [0.05, 0.1) is 12.2 Å². The number of nitrogens with one attached hydrogen (secondary N) is 1. The van der Waals surface area contributed by atoms with Crippen molar-refractivity contribution in [3.05, 3.63) is 18.2 Å². The smallest absolute Gasteiger partial charge is 0.224 e. The highest BCUT2D eigenvalue weighted by atomic mass is 16.6. The fourth-order valence-electron chi connectivity index (χ4n) is 10.1. The number of anilines is 1. The third-order valence-corrected chi connectivity index (χ3v) is 12.1. The fraction of sp³-hybridized carbons (Fsp3) is 0.781. The summed E-state index contributed by atoms with van der Waals surface area (Å²) in [4.78, 5) is 12.9. The molecule has 0 radical (unpaired) electrons. The molecule has 1 aromatic carbocycles. The summed E-state index contributed by atoms with van der Waals surface area (Å²) in [6.45, 7) is 8.42. The standard InChI is InChI=1S/C32H47NO5/c1-19(4-9-29(36)33-21-5-8-27-28(18-21)38-15-14-37-27)23-6-7-24-30-25(11-13-32(23,24)3)31(2)12-10-22(34)16-20(31)17-26(30)35/h5,8,18-20,22-26,30,34-35H,4,6-7,9-17H2,1-3H3,(H,33,36)/t19-,20+,22-,23-,24+,25+,26+,30+,31+,32-/m0/s1. The molecule has 10 atom stereocenters. The average Bonchev–Trinajstić information content (AvgIpc) is 3.25. The number of amides is 1. The lowest BCUT2D eigenvalue weighted by Crippen LogP contribution is -2.58. The van der Waals surface area contributed by atoms with Gasteiger partial charge in [0.1, 0.15) is 13.2 Å². The normalized spacial score (nSPS) is 42.4. The van der Waals surface area contributed by atoms with Gasteiger partial charge in [-0.1, -0.05) is 20.8 Å². The van der Waals surface area contributed by atoms with Crippen LogP contribution in [-0.4, -0.2) is 41.5 Å². The van der Waals surface area contributed by atoms with Crippen LogP contribution in [0.5, 0.6) is 11.5 Å². The molecule has 1 aromatic rings. The lowest BCUT2D eigenvalue weighted by molar-refractivity contribution is -0.174. The molecule has 1 aliphatic heterocycles. The monoisotopic (exact) mass is 525 g/mol. The van der Waals surface area contributed by atoms with E-state index in [1.165, 1.54) is 25.7 Å². The Morgan fingerprint density at radius 3 is 2.55 bits per heavy atom. The number of aliphatic hydroxyl groups excluding tert-OH is 2. The molecule has 0 saturated heterocycles. The zero-order valence-corrected chi connectivity index (χ0v) is 23.5. The molecule has 0 spiro atoms. The molecule has 210 valence electrons. The Morgan fingerprint density at radius 1 is 1.00 bits per heavy atom. The number of carbonyl (C=O) groups is 1. The van der Waals surface area contributed by atoms with Crippen molar-refractivity contribution < 1.29 is 24.5 Å². The Hall–Kier alpha value is -1.79. The minimum atomic E-state index is -0.237. The molecule has 3 N–H and O–H groups in total. The lowest BCUT2D eigenvalue weighted by atomic mass is 9.43. The second-order valence-corrected chi connectivity index (χ2v) is 13.9. The summed E-state index contributed by atoms with van der Waals surface area (Å²) in [7, 11) is 0. The Morgan fingerprint density at radius 2 is 1.74 bits per heavy atom. The first-order valence-electron chi connectivity index (χ1n) is 15.2. The van der Waals surface area contributed by atoms with Crippen LogP contribution in [0.2, 0.25) is 0 Å². The summed E-state index contributed by atoms with van der Waals surface area (Å²) in [6.07, 6.45) is 9.58. The summed E-state index contributed by atoms with van der Waals surface area (Å²) in [6, 6.07) is 5.59. The van der Waals surface area contributed by atoms with E-state index in [9.17, 15) is 15.0 Å². The highest BCUT2D eigenvalue weighted by Crippen LogP contribution is 2.68. The van der Waals surface area contributed by atoms with Crippen LogP contribution in [-0.2, 0) is 4.79 Å². The summed E-state index contributed by atoms with van der Waals surface area (Å²) >= 11 is 0. The molecule has 1 amide bonds. The SMILES string of the molecule is C[C@@H](CCC(=O)Nc1ccc2c(c1)OCCO2)[C@@H]1CC[C@@H]2[C@H]3[C@H](O)C[C@H]4C[C@@H](O)CC[C@@]4(C)[C@@H]3CC[C@]21C. The molecule has 4 aliphatic carbocycles. The third-order valence-electron chi connectivity index (χ3n) is 12.1. The summed E-state index contributed by atoms with van der Waals surface area (Å²) in [5.74, 6) is 4.54. The number of carbonyl (C=O) groups excluding carboxylic acids is 1. The van der Waals surface area contributed by atoms with Gasteiger partial charge in [-0.3, -0.25) is 4.79 Å². The molecule has 1 heterocycles. The minimum Gasteiger partial charge on any atom is -0.486 e. The number of ether oxygens (including phenoxy) is 2. The van der Waals surface area contributed by atoms with E-state index in [2.05, 4.69) is 26.1 Å². The third kappa shape index (κ3) is 4.44. The molecule has 0 unspecified atom stereocenters. The first-order valence-corrected chi connectivity index (χ1v) is 15.2. The van der Waals surface area contributed by atoms with Crippen molar-refractivity contribution in [1.82, 2.24) is 0 Å². The van der Waals surface area contributed by atoms with Crippen LogP contribution in [0, 0.1) is 46.3 Å². The van der Waals surface area contributed by atoms with Gasteiger partial charge in [-0.05, 0) is 116 Å². The quantitative estimate of drug-likeness (QED) is 0.452. The molecule has 38 heavy (non-hydrogen) atoms. The maximum atomic E-state index is 12.9. The van der Waals surface area contributed by atoms with Crippen molar-refractivity contribution in [3.8, 4) is 11.5 Å². The van der Waals surface area contributed by atoms with E-state index in [0.717, 1.165) is 43.5 Å². The Labute approximate surface area is 227 Å². The van der Waals surface area contributed by atoms with Gasteiger partial charge in [-0.2, -0.15) is 0 Å². The zero-order valence-electron chi connectivity index (χ0n) is 23.5. The van der Waals surface area contributed by atoms with E-state index in [0.29, 0.717) is 60.9 Å². The molecule has 4 fully saturated rings. The summed E-state index contributed by atoms with van der Waals surface area (Å²) < 4.78 is 11.2. The van der Waals surface area contributed by atoms with Gasteiger partial charge < -0.3 is 25.0 Å². The highest BCUT2D eigenvalue weighted by molar-refractivity contribution is 5.91. The van der Waals surface area contributed by atoms with E-state index in [4.69, 9.17) is 9.47 Å². The molecular formula is C32H47NO5. The Kier molecular flexibility index (Phi) is 6.95. The Bertz CT molecular complexity index is 1040. The van der Waals surface area contributed by atoms with Crippen molar-refractivity contribution >= 4 is 11.6 Å². The first-order chi connectivity index (χ1) is 18.2. The van der Waals surface area contributed by atoms with Crippen LogP contribution in [0.4, 0.5) is 5.69 Å². The van der Waals surface area contributed by atoms with E-state index < -0.39 is 0 Å². The topological polar surface area (TPSA) is 88.0 Å². The van der Waals surface area contributed by atoms with Crippen molar-refractivity contribution in [2.45, 2.75) is 97.2 Å². The molecule has 6 rings (SSSR count). The molecule has 4 saturated carbocycles. The van der Waals surface area contributed by atoms with Crippen LogP contribution in [0.3, 0.4) is 0 Å². The number of fused-ring (bicyclic) bond motifs is 6. The highest BCUT2D eigenvalue weighted by Gasteiger charge is 2.62. The van der Waals surface area contributed by atoms with E-state index >= 15 is 0 Å². The average molecular weight is 526 g/mol. The van der Waals surface area contributed by atoms with Crippen LogP contribution in [0.25, 0.3) is 0 Å². The predicted molar refractivity (Wildman–Crippen MR) is 147 cm³/mol. The molecule has 0 bridgehead atoms. The Balaban J connectivity index is 1.09. The zero-order chi connectivity index (χ0) is 26.7. The minimum absolute atomic E-state index is 0.0538. The first kappa shape index (κ1) is 26.4. The van der Waals surface area contributed by atoms with Crippen LogP contribution < -0.4 is 14.8 Å². The van der Waals surface area contributed by atoms with Crippen molar-refractivity contribution in [1.29, 1.82) is 0 Å². The number of rotatable bonds is 5. The fourth-order valence-corrected chi connectivity index (χ4v) is 10.1. The van der Waals surface area contributed by atoms with E-state index in [1.807, 2.05) is 18.2 Å². The van der Waals surface area contributed by atoms with Crippen LogP contribution in [0.15, 0.2) is 18.2 Å². The summed E-state index contributed by atoms with van der Waals surface area (Å²) in [5, 5.41) is 24.9. The molecular weight excluding hydrogens is 478 g/mol. The van der Waals surface area contributed by atoms with Crippen molar-refractivity contribution in [3.63, 3.8) is 0 Å². The van der Waals surface area contributed by atoms with E-state index in [1.54, 1.807) is 0 Å². The predicted octanol–water partition coefficient (Wildman–Crippen LogP) is 5.80. The van der Waals surface area contributed by atoms with Crippen molar-refractivity contribution in [2.75, 3.05) is 18.5 Å². The summed E-state index contributed by atoms with van der Waals surface area (Å²) in [5.41, 5.74) is 1.26. The second-order valence-electron chi connectivity index (χ2n) is 13.9. The van der Waals surface area contributed by atoms with Gasteiger partial charge in [-0.25, -0.2) is 0 Å². The van der Waals surface area contributed by atoms with Gasteiger partial charge >= 0.3 is 0 Å². The van der Waals surface area contributed by atoms with Crippen LogP contribution in [0.1, 0.15) is 85.0 Å². The lowest BCUT2D eigenvalue weighted by Gasteiger charge is -2.62. The molecule has 0 aromatic heterocycles. The molecule has 6 nitrogen and oxygen atoms in total.